The van der Waals surface area contributed by atoms with E-state index in [0.29, 0.717) is 0 Å². The van der Waals surface area contributed by atoms with E-state index in [1.54, 1.807) is 17.5 Å². The number of aromatic nitrogens is 2. The highest BCUT2D eigenvalue weighted by atomic mass is 32.2. The van der Waals surface area contributed by atoms with Crippen molar-refractivity contribution in [3.63, 3.8) is 0 Å². The van der Waals surface area contributed by atoms with E-state index in [2.05, 4.69) is 35.2 Å². The molecule has 3 aromatic rings. The van der Waals surface area contributed by atoms with Crippen molar-refractivity contribution in [2.45, 2.75) is 37.1 Å². The number of nitrogens with one attached hydrogen (secondary N) is 1. The van der Waals surface area contributed by atoms with Crippen molar-refractivity contribution in [2.75, 3.05) is 0 Å². The van der Waals surface area contributed by atoms with Crippen LogP contribution in [0.2, 0.25) is 0 Å². The molecule has 29 heavy (non-hydrogen) atoms. The molecule has 0 atom stereocenters. The van der Waals surface area contributed by atoms with E-state index in [-0.39, 0.29) is 22.1 Å². The number of rotatable bonds is 3. The largest absolute Gasteiger partial charge is 0.463 e. The Labute approximate surface area is 170 Å². The Morgan fingerprint density at radius 1 is 1.14 bits per heavy atom. The maximum atomic E-state index is 13.3. The van der Waals surface area contributed by atoms with E-state index < -0.39 is 11.9 Å². The van der Waals surface area contributed by atoms with E-state index in [0.717, 1.165) is 35.5 Å². The number of halogens is 3. The molecule has 4 nitrogen and oxygen atoms in total. The number of alkyl halides is 3. The van der Waals surface area contributed by atoms with Gasteiger partial charge in [0, 0.05) is 22.2 Å². The summed E-state index contributed by atoms with van der Waals surface area (Å²) in [5.74, 6) is 0.259. The zero-order valence-electron chi connectivity index (χ0n) is 15.7. The first-order chi connectivity index (χ1) is 13.7. The van der Waals surface area contributed by atoms with Crippen LogP contribution >= 0.6 is 11.8 Å². The molecular weight excluding hydrogens is 399 g/mol. The highest BCUT2D eigenvalue weighted by molar-refractivity contribution is 8.02. The summed E-state index contributed by atoms with van der Waals surface area (Å²) in [6.45, 7) is 4.16. The van der Waals surface area contributed by atoms with Gasteiger partial charge in [0.2, 0.25) is 0 Å². The summed E-state index contributed by atoms with van der Waals surface area (Å²) in [4.78, 5) is 7.96. The number of nitrogens with zero attached hydrogens (tertiary/aromatic N) is 2. The lowest BCUT2D eigenvalue weighted by atomic mass is 9.86. The summed E-state index contributed by atoms with van der Waals surface area (Å²) in [7, 11) is 0. The molecule has 1 aromatic carbocycles. The average Bonchev–Trinajstić information content (AvgIpc) is 3.19. The van der Waals surface area contributed by atoms with Crippen molar-refractivity contribution in [2.24, 2.45) is 0 Å². The monoisotopic (exact) mass is 417 g/mol. The summed E-state index contributed by atoms with van der Waals surface area (Å²) in [5, 5.41) is 5.22. The smallest absolute Gasteiger partial charge is 0.433 e. The number of furan rings is 1. The quantitative estimate of drug-likeness (QED) is 0.433. The molecule has 3 heterocycles. The fourth-order valence-corrected chi connectivity index (χ4v) is 3.98. The zero-order valence-corrected chi connectivity index (χ0v) is 16.6. The van der Waals surface area contributed by atoms with E-state index in [4.69, 9.17) is 4.42 Å². The predicted octanol–water partition coefficient (Wildman–Crippen LogP) is 5.77. The summed E-state index contributed by atoms with van der Waals surface area (Å²) < 4.78 is 45.2. The predicted molar refractivity (Wildman–Crippen MR) is 106 cm³/mol. The standard InChI is InChI=1S/C21H18F3N3OS/c1-20(2)11-13-6-3-4-7-14(13)16(27-20)12-29-19-25-15(17-8-5-9-28-17)10-18(26-19)21(22,23)24/h3-10,12,27H,11H2,1-2H3. The minimum Gasteiger partial charge on any atom is -0.463 e. The van der Waals surface area contributed by atoms with Gasteiger partial charge in [-0.1, -0.05) is 36.0 Å². The van der Waals surface area contributed by atoms with E-state index >= 15 is 0 Å². The first-order valence-electron chi connectivity index (χ1n) is 8.95. The summed E-state index contributed by atoms with van der Waals surface area (Å²) in [6, 6.07) is 12.0. The Bertz CT molecular complexity index is 1060. The Kier molecular flexibility index (Phi) is 4.90. The zero-order chi connectivity index (χ0) is 20.6. The van der Waals surface area contributed by atoms with Crippen LogP contribution in [0.3, 0.4) is 0 Å². The van der Waals surface area contributed by atoms with Crippen LogP contribution in [0, 0.1) is 0 Å². The van der Waals surface area contributed by atoms with Crippen LogP contribution in [0.15, 0.2) is 63.7 Å². The summed E-state index contributed by atoms with van der Waals surface area (Å²) in [6.07, 6.45) is -2.33. The molecule has 150 valence electrons. The maximum Gasteiger partial charge on any atom is 0.433 e. The van der Waals surface area contributed by atoms with Gasteiger partial charge in [0.1, 0.15) is 11.4 Å². The van der Waals surface area contributed by atoms with Gasteiger partial charge in [-0.25, -0.2) is 9.97 Å². The normalized spacial score (nSPS) is 17.1. The molecule has 0 fully saturated rings. The lowest BCUT2D eigenvalue weighted by molar-refractivity contribution is -0.141. The molecule has 8 heteroatoms. The van der Waals surface area contributed by atoms with Crippen LogP contribution in [0.1, 0.15) is 30.7 Å². The third-order valence-electron chi connectivity index (χ3n) is 4.46. The van der Waals surface area contributed by atoms with Gasteiger partial charge in [-0.2, -0.15) is 13.2 Å². The average molecular weight is 417 g/mol. The van der Waals surface area contributed by atoms with Crippen LogP contribution in [0.5, 0.6) is 0 Å². The molecule has 0 amide bonds. The number of fused-ring (bicyclic) bond motifs is 1. The van der Waals surface area contributed by atoms with Gasteiger partial charge in [-0.3, -0.25) is 0 Å². The van der Waals surface area contributed by atoms with Gasteiger partial charge in [-0.05, 0) is 44.0 Å². The summed E-state index contributed by atoms with van der Waals surface area (Å²) in [5.41, 5.74) is 1.96. The lowest BCUT2D eigenvalue weighted by Gasteiger charge is -2.35. The fraction of sp³-hybridized carbons (Fsp3) is 0.238. The number of thioether (sulfide) groups is 1. The molecule has 4 rings (SSSR count). The molecule has 0 saturated heterocycles. The maximum absolute atomic E-state index is 13.3. The first-order valence-corrected chi connectivity index (χ1v) is 9.83. The van der Waals surface area contributed by atoms with Crippen molar-refractivity contribution in [1.29, 1.82) is 0 Å². The molecule has 1 aliphatic rings. The van der Waals surface area contributed by atoms with Gasteiger partial charge in [0.25, 0.3) is 0 Å². The molecule has 0 aliphatic carbocycles. The van der Waals surface area contributed by atoms with Crippen molar-refractivity contribution >= 4 is 17.5 Å². The Balaban J connectivity index is 1.72. The van der Waals surface area contributed by atoms with E-state index in [9.17, 15) is 13.2 Å². The third-order valence-corrected chi connectivity index (χ3v) is 5.21. The molecule has 2 aromatic heterocycles. The van der Waals surface area contributed by atoms with Gasteiger partial charge in [0.05, 0.1) is 6.26 Å². The van der Waals surface area contributed by atoms with Gasteiger partial charge in [0.15, 0.2) is 10.9 Å². The van der Waals surface area contributed by atoms with Crippen LogP contribution < -0.4 is 5.32 Å². The molecule has 0 radical (unpaired) electrons. The van der Waals surface area contributed by atoms with Crippen LogP contribution in [-0.2, 0) is 12.6 Å². The Morgan fingerprint density at radius 2 is 1.93 bits per heavy atom. The number of hydrogen-bond acceptors (Lipinski definition) is 5. The molecular formula is C21H18F3N3OS. The van der Waals surface area contributed by atoms with Crippen molar-refractivity contribution in [3.8, 4) is 11.5 Å². The molecule has 0 saturated carbocycles. The second-order valence-electron chi connectivity index (χ2n) is 7.39. The summed E-state index contributed by atoms with van der Waals surface area (Å²) >= 11 is 1.04. The van der Waals surface area contributed by atoms with Crippen molar-refractivity contribution in [1.82, 2.24) is 15.3 Å². The lowest BCUT2D eigenvalue weighted by Crippen LogP contribution is -2.43. The van der Waals surface area contributed by atoms with Crippen LogP contribution in [-0.4, -0.2) is 15.5 Å². The van der Waals surface area contributed by atoms with Crippen LogP contribution in [0.25, 0.3) is 17.2 Å². The molecule has 0 unspecified atom stereocenters. The van der Waals surface area contributed by atoms with Gasteiger partial charge < -0.3 is 9.73 Å². The number of hydrogen-bond donors (Lipinski definition) is 1. The first kappa shape index (κ1) is 19.6. The Morgan fingerprint density at radius 3 is 2.66 bits per heavy atom. The number of benzene rings is 1. The van der Waals surface area contributed by atoms with Gasteiger partial charge >= 0.3 is 6.18 Å². The fourth-order valence-electron chi connectivity index (χ4n) is 3.27. The second kappa shape index (κ2) is 7.26. The van der Waals surface area contributed by atoms with E-state index in [1.165, 1.54) is 11.8 Å². The topological polar surface area (TPSA) is 51.0 Å². The molecule has 0 bridgehead atoms. The van der Waals surface area contributed by atoms with Crippen molar-refractivity contribution < 1.29 is 17.6 Å². The van der Waals surface area contributed by atoms with Gasteiger partial charge in [-0.15, -0.1) is 0 Å². The highest BCUT2D eigenvalue weighted by Crippen LogP contribution is 2.35. The molecule has 0 spiro atoms. The Hall–Kier alpha value is -2.74. The second-order valence-corrected chi connectivity index (χ2v) is 8.22. The SMILES string of the molecule is CC1(C)Cc2ccccc2C(=CSc2nc(-c3ccco3)cc(C(F)(F)F)n2)N1. The minimum absolute atomic E-state index is 0.00128. The minimum atomic E-state index is -4.58. The van der Waals surface area contributed by atoms with E-state index in [1.807, 2.05) is 18.2 Å². The molecule has 1 aliphatic heterocycles. The van der Waals surface area contributed by atoms with Crippen molar-refractivity contribution in [3.05, 3.63) is 71.0 Å². The molecule has 1 N–H and O–H groups in total. The third kappa shape index (κ3) is 4.32. The highest BCUT2D eigenvalue weighted by Gasteiger charge is 2.34. The van der Waals surface area contributed by atoms with Crippen LogP contribution in [0.4, 0.5) is 13.2 Å².